The molecule has 0 aliphatic rings. The van der Waals surface area contributed by atoms with Gasteiger partial charge >= 0.3 is 11.6 Å². The Balaban J connectivity index is 1.36. The standard InChI is InChI=1S/C30H29NO6/c1-19(2)25-12-11-23(15-20(25)3)35-18-28(32)36-24-10-9-22-16-26(30(34)37-27(22)17-24)29(33)31-14-13-21-7-5-4-6-8-21/h4-12,15-17,19H,13-14,18H2,1-3H3,(H,31,33). The molecule has 1 aromatic heterocycles. The number of fused-ring (bicyclic) bond motifs is 1. The van der Waals surface area contributed by atoms with Crippen LogP contribution in [0.15, 0.2) is 82.0 Å². The van der Waals surface area contributed by atoms with Crippen LogP contribution in [0.3, 0.4) is 0 Å². The number of ether oxygens (including phenoxy) is 2. The van der Waals surface area contributed by atoms with Crippen molar-refractivity contribution in [3.63, 3.8) is 0 Å². The van der Waals surface area contributed by atoms with Crippen LogP contribution in [0.1, 0.15) is 46.8 Å². The molecular weight excluding hydrogens is 470 g/mol. The molecule has 0 saturated carbocycles. The smallest absolute Gasteiger partial charge is 0.349 e. The minimum atomic E-state index is -0.767. The quantitative estimate of drug-likeness (QED) is 0.194. The summed E-state index contributed by atoms with van der Waals surface area (Å²) in [4.78, 5) is 37.3. The van der Waals surface area contributed by atoms with Gasteiger partial charge in [0.25, 0.3) is 5.91 Å². The van der Waals surface area contributed by atoms with Crippen molar-refractivity contribution >= 4 is 22.8 Å². The number of hydrogen-bond donors (Lipinski definition) is 1. The predicted molar refractivity (Wildman–Crippen MR) is 141 cm³/mol. The third-order valence-electron chi connectivity index (χ3n) is 5.95. The van der Waals surface area contributed by atoms with Crippen molar-refractivity contribution in [2.24, 2.45) is 0 Å². The van der Waals surface area contributed by atoms with Crippen LogP contribution in [0.5, 0.6) is 11.5 Å². The van der Waals surface area contributed by atoms with Crippen LogP contribution < -0.4 is 20.4 Å². The zero-order valence-corrected chi connectivity index (χ0v) is 21.1. The van der Waals surface area contributed by atoms with Gasteiger partial charge in [-0.3, -0.25) is 4.79 Å². The summed E-state index contributed by atoms with van der Waals surface area (Å²) >= 11 is 0. The van der Waals surface area contributed by atoms with Crippen LogP contribution >= 0.6 is 0 Å². The normalized spacial score (nSPS) is 10.9. The van der Waals surface area contributed by atoms with Crippen LogP contribution in [-0.4, -0.2) is 25.0 Å². The summed E-state index contributed by atoms with van der Waals surface area (Å²) in [5.41, 5.74) is 2.75. The van der Waals surface area contributed by atoms with Crippen LogP contribution in [0.4, 0.5) is 0 Å². The summed E-state index contributed by atoms with van der Waals surface area (Å²) in [5, 5.41) is 3.28. The van der Waals surface area contributed by atoms with E-state index in [1.165, 1.54) is 17.7 Å². The van der Waals surface area contributed by atoms with E-state index in [-0.39, 0.29) is 23.5 Å². The molecule has 1 N–H and O–H groups in total. The fraction of sp³-hybridized carbons (Fsp3) is 0.233. The Hall–Kier alpha value is -4.39. The number of amides is 1. The number of rotatable bonds is 9. The van der Waals surface area contributed by atoms with Gasteiger partial charge < -0.3 is 19.2 Å². The molecule has 0 bridgehead atoms. The summed E-state index contributed by atoms with van der Waals surface area (Å²) in [6, 6.07) is 21.5. The van der Waals surface area contributed by atoms with Gasteiger partial charge in [0.05, 0.1) is 0 Å². The Morgan fingerprint density at radius 1 is 0.946 bits per heavy atom. The molecule has 7 nitrogen and oxygen atoms in total. The van der Waals surface area contributed by atoms with E-state index < -0.39 is 17.5 Å². The maximum atomic E-state index is 12.5. The average molecular weight is 500 g/mol. The van der Waals surface area contributed by atoms with Gasteiger partial charge in [-0.05, 0) is 66.3 Å². The van der Waals surface area contributed by atoms with Gasteiger partial charge in [-0.25, -0.2) is 9.59 Å². The number of benzene rings is 3. The first-order valence-electron chi connectivity index (χ1n) is 12.1. The number of carbonyl (C=O) groups is 2. The van der Waals surface area contributed by atoms with E-state index in [4.69, 9.17) is 13.9 Å². The molecule has 0 unspecified atom stereocenters. The van der Waals surface area contributed by atoms with E-state index in [1.54, 1.807) is 12.1 Å². The second-order valence-electron chi connectivity index (χ2n) is 9.07. The van der Waals surface area contributed by atoms with Gasteiger partial charge in [-0.15, -0.1) is 0 Å². The predicted octanol–water partition coefficient (Wildman–Crippen LogP) is 5.18. The molecule has 0 aliphatic carbocycles. The minimum Gasteiger partial charge on any atom is -0.482 e. The molecule has 0 saturated heterocycles. The second-order valence-corrected chi connectivity index (χ2v) is 9.07. The Morgan fingerprint density at radius 2 is 1.70 bits per heavy atom. The SMILES string of the molecule is Cc1cc(OCC(=O)Oc2ccc3cc(C(=O)NCCc4ccccc4)c(=O)oc3c2)ccc1C(C)C. The van der Waals surface area contributed by atoms with Gasteiger partial charge in [0.1, 0.15) is 22.6 Å². The van der Waals surface area contributed by atoms with Gasteiger partial charge in [-0.2, -0.15) is 0 Å². The van der Waals surface area contributed by atoms with Gasteiger partial charge in [-0.1, -0.05) is 50.2 Å². The highest BCUT2D eigenvalue weighted by Crippen LogP contribution is 2.24. The van der Waals surface area contributed by atoms with Gasteiger partial charge in [0.2, 0.25) is 0 Å². The lowest BCUT2D eigenvalue weighted by Crippen LogP contribution is -2.29. The number of aryl methyl sites for hydroxylation is 1. The largest absolute Gasteiger partial charge is 0.482 e. The van der Waals surface area contributed by atoms with Crippen molar-refractivity contribution in [1.29, 1.82) is 0 Å². The van der Waals surface area contributed by atoms with Crippen LogP contribution in [0.25, 0.3) is 11.0 Å². The Bertz CT molecular complexity index is 1470. The van der Waals surface area contributed by atoms with E-state index in [2.05, 4.69) is 19.2 Å². The first kappa shape index (κ1) is 25.7. The van der Waals surface area contributed by atoms with E-state index in [0.717, 1.165) is 11.1 Å². The minimum absolute atomic E-state index is 0.0857. The summed E-state index contributed by atoms with van der Waals surface area (Å²) in [6.45, 7) is 6.36. The van der Waals surface area contributed by atoms with Crippen molar-refractivity contribution in [3.05, 3.63) is 105 Å². The zero-order valence-electron chi connectivity index (χ0n) is 21.1. The average Bonchev–Trinajstić information content (AvgIpc) is 2.87. The molecule has 7 heteroatoms. The first-order valence-corrected chi connectivity index (χ1v) is 12.1. The van der Waals surface area contributed by atoms with E-state index in [1.807, 2.05) is 55.5 Å². The highest BCUT2D eigenvalue weighted by Gasteiger charge is 2.15. The van der Waals surface area contributed by atoms with Crippen molar-refractivity contribution in [2.75, 3.05) is 13.2 Å². The van der Waals surface area contributed by atoms with E-state index in [0.29, 0.717) is 30.0 Å². The molecule has 1 amide bonds. The number of nitrogens with one attached hydrogen (secondary N) is 1. The fourth-order valence-corrected chi connectivity index (χ4v) is 4.06. The zero-order chi connectivity index (χ0) is 26.4. The lowest BCUT2D eigenvalue weighted by Gasteiger charge is -2.12. The van der Waals surface area contributed by atoms with E-state index >= 15 is 0 Å². The number of hydrogen-bond acceptors (Lipinski definition) is 6. The van der Waals surface area contributed by atoms with Crippen LogP contribution in [0.2, 0.25) is 0 Å². The molecule has 4 aromatic rings. The number of carbonyl (C=O) groups excluding carboxylic acids is 2. The molecule has 4 rings (SSSR count). The highest BCUT2D eigenvalue weighted by molar-refractivity contribution is 5.96. The molecule has 190 valence electrons. The molecule has 0 spiro atoms. The monoisotopic (exact) mass is 499 g/mol. The molecule has 0 fully saturated rings. The van der Waals surface area contributed by atoms with Crippen molar-refractivity contribution in [3.8, 4) is 11.5 Å². The van der Waals surface area contributed by atoms with Gasteiger partial charge in [0, 0.05) is 18.0 Å². The molecule has 1 heterocycles. The molecule has 0 radical (unpaired) electrons. The molecular formula is C30H29NO6. The highest BCUT2D eigenvalue weighted by atomic mass is 16.6. The third-order valence-corrected chi connectivity index (χ3v) is 5.95. The van der Waals surface area contributed by atoms with Crippen molar-refractivity contribution in [1.82, 2.24) is 5.32 Å². The van der Waals surface area contributed by atoms with Crippen LogP contribution in [0, 0.1) is 6.92 Å². The molecule has 37 heavy (non-hydrogen) atoms. The summed E-state index contributed by atoms with van der Waals surface area (Å²) in [5.74, 6) is 0.0863. The lowest BCUT2D eigenvalue weighted by atomic mass is 9.98. The Kier molecular flexibility index (Phi) is 8.03. The molecule has 0 atom stereocenters. The second kappa shape index (κ2) is 11.6. The Labute approximate surface area is 215 Å². The maximum absolute atomic E-state index is 12.5. The number of esters is 1. The Morgan fingerprint density at radius 3 is 2.43 bits per heavy atom. The first-order chi connectivity index (χ1) is 17.8. The maximum Gasteiger partial charge on any atom is 0.349 e. The summed E-state index contributed by atoms with van der Waals surface area (Å²) < 4.78 is 16.3. The van der Waals surface area contributed by atoms with Crippen molar-refractivity contribution in [2.45, 2.75) is 33.1 Å². The summed E-state index contributed by atoms with van der Waals surface area (Å²) in [6.07, 6.45) is 0.646. The van der Waals surface area contributed by atoms with Crippen LogP contribution in [-0.2, 0) is 11.2 Å². The molecule has 3 aromatic carbocycles. The van der Waals surface area contributed by atoms with Crippen molar-refractivity contribution < 1.29 is 23.5 Å². The summed E-state index contributed by atoms with van der Waals surface area (Å²) in [7, 11) is 0. The van der Waals surface area contributed by atoms with Gasteiger partial charge in [0.15, 0.2) is 6.61 Å². The topological polar surface area (TPSA) is 94.8 Å². The fourth-order valence-electron chi connectivity index (χ4n) is 4.06. The van der Waals surface area contributed by atoms with E-state index in [9.17, 15) is 14.4 Å². The lowest BCUT2D eigenvalue weighted by molar-refractivity contribution is -0.136. The molecule has 0 aliphatic heterocycles. The third kappa shape index (κ3) is 6.64.